The molecule has 0 amide bonds. The predicted molar refractivity (Wildman–Crippen MR) is 62.9 cm³/mol. The lowest BCUT2D eigenvalue weighted by atomic mass is 10.4. The molecule has 0 aliphatic carbocycles. The van der Waals surface area contributed by atoms with Crippen LogP contribution in [0.3, 0.4) is 0 Å². The zero-order chi connectivity index (χ0) is 12.7. The van der Waals surface area contributed by atoms with Crippen molar-refractivity contribution in [3.8, 4) is 5.88 Å². The highest BCUT2D eigenvalue weighted by Crippen LogP contribution is 2.12. The van der Waals surface area contributed by atoms with Gasteiger partial charge in [0.25, 0.3) is 0 Å². The minimum Gasteiger partial charge on any atom is -0.475 e. The third-order valence-corrected chi connectivity index (χ3v) is 1.86. The first-order valence-electron chi connectivity index (χ1n) is 5.41. The Hall–Kier alpha value is -1.85. The summed E-state index contributed by atoms with van der Waals surface area (Å²) in [4.78, 5) is 18.9. The lowest BCUT2D eigenvalue weighted by molar-refractivity contribution is -0.140. The molecule has 94 valence electrons. The summed E-state index contributed by atoms with van der Waals surface area (Å²) in [5, 5.41) is 2.99. The van der Waals surface area contributed by atoms with E-state index in [-0.39, 0.29) is 12.1 Å². The maximum atomic E-state index is 10.9. The summed E-state index contributed by atoms with van der Waals surface area (Å²) in [5.41, 5.74) is 0. The van der Waals surface area contributed by atoms with Gasteiger partial charge in [-0.15, -0.1) is 0 Å². The number of carbonyl (C=O) groups is 1. The Morgan fingerprint density at radius 2 is 2.24 bits per heavy atom. The molecule has 6 nitrogen and oxygen atoms in total. The zero-order valence-electron chi connectivity index (χ0n) is 10.3. The lowest BCUT2D eigenvalue weighted by Gasteiger charge is -2.09. The van der Waals surface area contributed by atoms with Crippen molar-refractivity contribution in [2.45, 2.75) is 26.4 Å². The van der Waals surface area contributed by atoms with E-state index >= 15 is 0 Å². The zero-order valence-corrected chi connectivity index (χ0v) is 10.3. The largest absolute Gasteiger partial charge is 0.475 e. The van der Waals surface area contributed by atoms with Gasteiger partial charge in [0.1, 0.15) is 12.1 Å². The third kappa shape index (κ3) is 5.14. The first-order chi connectivity index (χ1) is 8.11. The second-order valence-corrected chi connectivity index (χ2v) is 3.66. The average molecular weight is 239 g/mol. The van der Waals surface area contributed by atoms with Crippen molar-refractivity contribution in [3.05, 3.63) is 12.4 Å². The molecule has 0 saturated carbocycles. The molecule has 0 saturated heterocycles. The summed E-state index contributed by atoms with van der Waals surface area (Å²) in [7, 11) is 1.36. The van der Waals surface area contributed by atoms with Gasteiger partial charge in [-0.05, 0) is 13.8 Å². The van der Waals surface area contributed by atoms with Crippen LogP contribution in [0, 0.1) is 0 Å². The van der Waals surface area contributed by atoms with Crippen LogP contribution in [0.4, 0.5) is 5.82 Å². The monoisotopic (exact) mass is 239 g/mol. The number of ether oxygens (including phenoxy) is 2. The van der Waals surface area contributed by atoms with E-state index in [1.165, 1.54) is 13.4 Å². The molecule has 0 aliphatic rings. The van der Waals surface area contributed by atoms with Gasteiger partial charge in [-0.2, -0.15) is 0 Å². The van der Waals surface area contributed by atoms with Gasteiger partial charge in [-0.25, -0.2) is 9.97 Å². The van der Waals surface area contributed by atoms with Gasteiger partial charge in [0, 0.05) is 12.6 Å². The van der Waals surface area contributed by atoms with Gasteiger partial charge in [0.05, 0.1) is 19.6 Å². The van der Waals surface area contributed by atoms with Gasteiger partial charge in [-0.1, -0.05) is 0 Å². The van der Waals surface area contributed by atoms with E-state index in [2.05, 4.69) is 20.0 Å². The Balaban J connectivity index is 2.45. The molecule has 0 unspecified atom stereocenters. The van der Waals surface area contributed by atoms with Gasteiger partial charge < -0.3 is 14.8 Å². The minimum atomic E-state index is -0.259. The molecule has 0 aromatic carbocycles. The molecule has 0 bridgehead atoms. The van der Waals surface area contributed by atoms with E-state index in [4.69, 9.17) is 4.74 Å². The molecule has 1 N–H and O–H groups in total. The van der Waals surface area contributed by atoms with Crippen LogP contribution in [0.25, 0.3) is 0 Å². The van der Waals surface area contributed by atoms with E-state index in [0.29, 0.717) is 24.7 Å². The van der Waals surface area contributed by atoms with Crippen molar-refractivity contribution in [1.82, 2.24) is 9.97 Å². The van der Waals surface area contributed by atoms with Crippen LogP contribution in [0.15, 0.2) is 12.4 Å². The standard InChI is InChI=1S/C11H17N3O3/c1-8(2)17-10-6-9(13-7-14-10)12-5-4-11(15)16-3/h6-8H,4-5H2,1-3H3,(H,12,13,14). The Kier molecular flexibility index (Phi) is 5.19. The second-order valence-electron chi connectivity index (χ2n) is 3.66. The maximum absolute atomic E-state index is 10.9. The average Bonchev–Trinajstić information content (AvgIpc) is 2.28. The quantitative estimate of drug-likeness (QED) is 0.753. The van der Waals surface area contributed by atoms with Crippen LogP contribution in [-0.4, -0.2) is 35.7 Å². The highest BCUT2D eigenvalue weighted by Gasteiger charge is 2.03. The Labute approximate surface area is 100 Å². The van der Waals surface area contributed by atoms with Crippen LogP contribution in [-0.2, 0) is 9.53 Å². The van der Waals surface area contributed by atoms with E-state index in [9.17, 15) is 4.79 Å². The number of carbonyl (C=O) groups excluding carboxylic acids is 1. The van der Waals surface area contributed by atoms with Gasteiger partial charge in [-0.3, -0.25) is 4.79 Å². The van der Waals surface area contributed by atoms with Gasteiger partial charge in [0.15, 0.2) is 0 Å². The predicted octanol–water partition coefficient (Wildman–Crippen LogP) is 1.24. The van der Waals surface area contributed by atoms with Crippen molar-refractivity contribution in [3.63, 3.8) is 0 Å². The Morgan fingerprint density at radius 3 is 2.88 bits per heavy atom. The van der Waals surface area contributed by atoms with Crippen LogP contribution in [0.2, 0.25) is 0 Å². The van der Waals surface area contributed by atoms with Crippen molar-refractivity contribution in [2.75, 3.05) is 19.0 Å². The number of nitrogens with zero attached hydrogens (tertiary/aromatic N) is 2. The molecule has 17 heavy (non-hydrogen) atoms. The fourth-order valence-corrected chi connectivity index (χ4v) is 1.14. The summed E-state index contributed by atoms with van der Waals surface area (Å²) in [6.45, 7) is 4.31. The molecular weight excluding hydrogens is 222 g/mol. The van der Waals surface area contributed by atoms with Crippen molar-refractivity contribution < 1.29 is 14.3 Å². The smallest absolute Gasteiger partial charge is 0.307 e. The molecule has 0 fully saturated rings. The fraction of sp³-hybridized carbons (Fsp3) is 0.545. The summed E-state index contributed by atoms with van der Waals surface area (Å²) in [6.07, 6.45) is 1.77. The van der Waals surface area contributed by atoms with Gasteiger partial charge in [0.2, 0.25) is 5.88 Å². The first kappa shape index (κ1) is 13.2. The highest BCUT2D eigenvalue weighted by atomic mass is 16.5. The van der Waals surface area contributed by atoms with Crippen molar-refractivity contribution in [1.29, 1.82) is 0 Å². The van der Waals surface area contributed by atoms with Crippen LogP contribution < -0.4 is 10.1 Å². The molecule has 0 atom stereocenters. The molecule has 1 aromatic rings. The minimum absolute atomic E-state index is 0.0628. The first-order valence-corrected chi connectivity index (χ1v) is 5.41. The molecule has 0 radical (unpaired) electrons. The molecule has 1 aromatic heterocycles. The summed E-state index contributed by atoms with van der Waals surface area (Å²) < 4.78 is 9.95. The number of hydrogen-bond acceptors (Lipinski definition) is 6. The summed E-state index contributed by atoms with van der Waals surface area (Å²) >= 11 is 0. The van der Waals surface area contributed by atoms with Crippen LogP contribution in [0.1, 0.15) is 20.3 Å². The Bertz CT molecular complexity index is 369. The number of hydrogen-bond donors (Lipinski definition) is 1. The van der Waals surface area contributed by atoms with E-state index in [1.54, 1.807) is 6.07 Å². The van der Waals surface area contributed by atoms with Gasteiger partial charge >= 0.3 is 5.97 Å². The lowest BCUT2D eigenvalue weighted by Crippen LogP contribution is -2.11. The molecular formula is C11H17N3O3. The number of esters is 1. The number of nitrogens with one attached hydrogen (secondary N) is 1. The van der Waals surface area contributed by atoms with E-state index in [1.807, 2.05) is 13.8 Å². The number of rotatable bonds is 6. The van der Waals surface area contributed by atoms with Crippen molar-refractivity contribution in [2.24, 2.45) is 0 Å². The fourth-order valence-electron chi connectivity index (χ4n) is 1.14. The Morgan fingerprint density at radius 1 is 1.47 bits per heavy atom. The number of anilines is 1. The second kappa shape index (κ2) is 6.67. The molecule has 6 heteroatoms. The summed E-state index contributed by atoms with van der Waals surface area (Å²) in [6, 6.07) is 1.69. The third-order valence-electron chi connectivity index (χ3n) is 1.86. The van der Waals surface area contributed by atoms with Crippen LogP contribution >= 0.6 is 0 Å². The SMILES string of the molecule is COC(=O)CCNc1cc(OC(C)C)ncn1. The molecule has 1 heterocycles. The topological polar surface area (TPSA) is 73.3 Å². The van der Waals surface area contributed by atoms with Crippen LogP contribution in [0.5, 0.6) is 5.88 Å². The maximum Gasteiger partial charge on any atom is 0.307 e. The molecule has 1 rings (SSSR count). The van der Waals surface area contributed by atoms with Crippen molar-refractivity contribution >= 4 is 11.8 Å². The number of methoxy groups -OCH3 is 1. The van der Waals surface area contributed by atoms with E-state index in [0.717, 1.165) is 0 Å². The molecule has 0 aliphatic heterocycles. The normalized spacial score (nSPS) is 10.1. The summed E-state index contributed by atoms with van der Waals surface area (Å²) in [5.74, 6) is 0.875. The van der Waals surface area contributed by atoms with E-state index < -0.39 is 0 Å². The molecule has 0 spiro atoms. The number of aromatic nitrogens is 2. The highest BCUT2D eigenvalue weighted by molar-refractivity contribution is 5.69.